The average molecular weight is 284 g/mol. The van der Waals surface area contributed by atoms with Gasteiger partial charge in [-0.3, -0.25) is 4.79 Å². The number of pyridine rings is 1. The molecule has 0 fully saturated rings. The lowest BCUT2D eigenvalue weighted by molar-refractivity contribution is 0.456. The second kappa shape index (κ2) is 7.79. The Kier molecular flexibility index (Phi) is 5.76. The van der Waals surface area contributed by atoms with Crippen molar-refractivity contribution in [3.63, 3.8) is 0 Å². The fourth-order valence-electron chi connectivity index (χ4n) is 2.40. The number of nitrogens with zero attached hydrogens (tertiary/aromatic N) is 1. The number of nitrogens with one attached hydrogen (secondary N) is 1. The minimum Gasteiger partial charge on any atom is -0.314 e. The normalized spacial score (nSPS) is 12.3. The van der Waals surface area contributed by atoms with Crippen molar-refractivity contribution in [2.24, 2.45) is 0 Å². The van der Waals surface area contributed by atoms with Crippen LogP contribution in [-0.2, 0) is 13.0 Å². The molecule has 1 unspecified atom stereocenters. The third kappa shape index (κ3) is 4.30. The third-order valence-electron chi connectivity index (χ3n) is 3.71. The summed E-state index contributed by atoms with van der Waals surface area (Å²) in [6.07, 6.45) is 3.97. The third-order valence-corrected chi connectivity index (χ3v) is 3.71. The summed E-state index contributed by atoms with van der Waals surface area (Å²) in [5.74, 6) is 0. The van der Waals surface area contributed by atoms with Crippen LogP contribution in [0.15, 0.2) is 53.5 Å². The van der Waals surface area contributed by atoms with Gasteiger partial charge in [-0.1, -0.05) is 44.2 Å². The highest BCUT2D eigenvalue weighted by Gasteiger charge is 2.11. The van der Waals surface area contributed by atoms with Crippen LogP contribution in [0.2, 0.25) is 0 Å². The maximum atomic E-state index is 11.9. The lowest BCUT2D eigenvalue weighted by atomic mass is 10.0. The zero-order valence-electron chi connectivity index (χ0n) is 12.9. The van der Waals surface area contributed by atoms with Crippen LogP contribution in [0, 0.1) is 0 Å². The van der Waals surface area contributed by atoms with Crippen LogP contribution < -0.4 is 10.9 Å². The Balaban J connectivity index is 2.20. The van der Waals surface area contributed by atoms with Crippen LogP contribution in [0.1, 0.15) is 37.4 Å². The lowest BCUT2D eigenvalue weighted by Crippen LogP contribution is -2.30. The molecular formula is C18H24N2O. The van der Waals surface area contributed by atoms with Crippen molar-refractivity contribution >= 4 is 0 Å². The van der Waals surface area contributed by atoms with Crippen LogP contribution in [0.25, 0.3) is 0 Å². The molecular weight excluding hydrogens is 260 g/mol. The lowest BCUT2D eigenvalue weighted by Gasteiger charge is -2.20. The minimum absolute atomic E-state index is 0.0472. The van der Waals surface area contributed by atoms with E-state index < -0.39 is 0 Å². The van der Waals surface area contributed by atoms with E-state index in [9.17, 15) is 4.79 Å². The maximum Gasteiger partial charge on any atom is 0.250 e. The molecule has 21 heavy (non-hydrogen) atoms. The smallest absolute Gasteiger partial charge is 0.250 e. The van der Waals surface area contributed by atoms with Crippen molar-refractivity contribution in [3.05, 3.63) is 70.1 Å². The van der Waals surface area contributed by atoms with Gasteiger partial charge in [-0.05, 0) is 36.6 Å². The second-order valence-electron chi connectivity index (χ2n) is 5.29. The van der Waals surface area contributed by atoms with E-state index in [4.69, 9.17) is 0 Å². The zero-order valence-corrected chi connectivity index (χ0v) is 12.9. The van der Waals surface area contributed by atoms with E-state index >= 15 is 0 Å². The molecule has 1 aromatic heterocycles. The summed E-state index contributed by atoms with van der Waals surface area (Å²) < 4.78 is 1.76. The predicted molar refractivity (Wildman–Crippen MR) is 87.6 cm³/mol. The van der Waals surface area contributed by atoms with Crippen molar-refractivity contribution in [3.8, 4) is 0 Å². The molecule has 0 bridgehead atoms. The molecule has 0 saturated heterocycles. The van der Waals surface area contributed by atoms with E-state index in [0.29, 0.717) is 6.54 Å². The van der Waals surface area contributed by atoms with E-state index in [-0.39, 0.29) is 11.6 Å². The molecule has 0 saturated carbocycles. The van der Waals surface area contributed by atoms with Gasteiger partial charge in [-0.2, -0.15) is 0 Å². The van der Waals surface area contributed by atoms with E-state index in [2.05, 4.69) is 43.4 Å². The summed E-state index contributed by atoms with van der Waals surface area (Å²) in [5, 5.41) is 3.54. The quantitative estimate of drug-likeness (QED) is 0.847. The van der Waals surface area contributed by atoms with Gasteiger partial charge in [-0.15, -0.1) is 0 Å². The summed E-state index contributed by atoms with van der Waals surface area (Å²) in [5.41, 5.74) is 2.62. The van der Waals surface area contributed by atoms with Crippen molar-refractivity contribution in [2.45, 2.75) is 39.3 Å². The molecule has 0 radical (unpaired) electrons. The molecule has 0 aliphatic rings. The molecule has 0 spiro atoms. The van der Waals surface area contributed by atoms with Gasteiger partial charge in [0.25, 0.3) is 5.56 Å². The number of benzene rings is 1. The first-order chi connectivity index (χ1) is 10.2. The van der Waals surface area contributed by atoms with Gasteiger partial charge in [0.15, 0.2) is 0 Å². The Hall–Kier alpha value is -1.87. The predicted octanol–water partition coefficient (Wildman–Crippen LogP) is 3.15. The van der Waals surface area contributed by atoms with Gasteiger partial charge in [0.05, 0.1) is 6.04 Å². The fourth-order valence-corrected chi connectivity index (χ4v) is 2.40. The van der Waals surface area contributed by atoms with Gasteiger partial charge < -0.3 is 9.88 Å². The first-order valence-corrected chi connectivity index (χ1v) is 7.72. The molecule has 2 rings (SSSR count). The Morgan fingerprint density at radius 2 is 1.86 bits per heavy atom. The Morgan fingerprint density at radius 1 is 1.10 bits per heavy atom. The summed E-state index contributed by atoms with van der Waals surface area (Å²) >= 11 is 0. The van der Waals surface area contributed by atoms with E-state index in [1.54, 1.807) is 16.7 Å². The average Bonchev–Trinajstić information content (AvgIpc) is 2.53. The molecule has 2 aromatic rings. The summed E-state index contributed by atoms with van der Waals surface area (Å²) in [6.45, 7) is 5.91. The maximum absolute atomic E-state index is 11.9. The number of hydrogen-bond donors (Lipinski definition) is 1. The highest BCUT2D eigenvalue weighted by atomic mass is 16.1. The van der Waals surface area contributed by atoms with Crippen molar-refractivity contribution in [1.29, 1.82) is 0 Å². The first kappa shape index (κ1) is 15.5. The number of hydrogen-bond acceptors (Lipinski definition) is 2. The van der Waals surface area contributed by atoms with Crippen LogP contribution in [0.5, 0.6) is 0 Å². The number of aryl methyl sites for hydroxylation is 1. The zero-order chi connectivity index (χ0) is 15.1. The largest absolute Gasteiger partial charge is 0.314 e. The van der Waals surface area contributed by atoms with Gasteiger partial charge in [-0.25, -0.2) is 0 Å². The standard InChI is InChI=1S/C18H24N2O/c1-3-12-19-17(14-20-13-6-5-7-18(20)21)16-10-8-15(4-2)9-11-16/h5-11,13,17,19H,3-4,12,14H2,1-2H3. The van der Waals surface area contributed by atoms with Crippen molar-refractivity contribution in [2.75, 3.05) is 6.54 Å². The molecule has 0 amide bonds. The van der Waals surface area contributed by atoms with E-state index in [0.717, 1.165) is 19.4 Å². The van der Waals surface area contributed by atoms with Crippen LogP contribution in [-0.4, -0.2) is 11.1 Å². The molecule has 0 aliphatic carbocycles. The van der Waals surface area contributed by atoms with Crippen LogP contribution in [0.3, 0.4) is 0 Å². The Bertz CT molecular complexity index is 601. The molecule has 1 aromatic carbocycles. The van der Waals surface area contributed by atoms with Crippen LogP contribution in [0.4, 0.5) is 0 Å². The molecule has 1 atom stereocenters. The van der Waals surface area contributed by atoms with E-state index in [1.807, 2.05) is 12.3 Å². The molecule has 3 nitrogen and oxygen atoms in total. The molecule has 1 N–H and O–H groups in total. The fraction of sp³-hybridized carbons (Fsp3) is 0.389. The summed E-state index contributed by atoms with van der Waals surface area (Å²) in [6, 6.07) is 14.1. The SMILES string of the molecule is CCCNC(Cn1ccccc1=O)c1ccc(CC)cc1. The molecule has 112 valence electrons. The highest BCUT2D eigenvalue weighted by molar-refractivity contribution is 5.25. The van der Waals surface area contributed by atoms with Crippen molar-refractivity contribution < 1.29 is 0 Å². The molecule has 0 aliphatic heterocycles. The number of aromatic nitrogens is 1. The monoisotopic (exact) mass is 284 g/mol. The van der Waals surface area contributed by atoms with Crippen LogP contribution >= 0.6 is 0 Å². The number of rotatable bonds is 7. The molecule has 1 heterocycles. The minimum atomic E-state index is 0.0472. The summed E-state index contributed by atoms with van der Waals surface area (Å²) in [4.78, 5) is 11.9. The molecule has 3 heteroatoms. The van der Waals surface area contributed by atoms with Crippen molar-refractivity contribution in [1.82, 2.24) is 9.88 Å². The Labute approximate surface area is 126 Å². The Morgan fingerprint density at radius 3 is 2.48 bits per heavy atom. The van der Waals surface area contributed by atoms with Gasteiger partial charge in [0.1, 0.15) is 0 Å². The van der Waals surface area contributed by atoms with Gasteiger partial charge in [0, 0.05) is 18.8 Å². The first-order valence-electron chi connectivity index (χ1n) is 7.72. The summed E-state index contributed by atoms with van der Waals surface area (Å²) in [7, 11) is 0. The highest BCUT2D eigenvalue weighted by Crippen LogP contribution is 2.16. The van der Waals surface area contributed by atoms with E-state index in [1.165, 1.54) is 11.1 Å². The second-order valence-corrected chi connectivity index (χ2v) is 5.29. The van der Waals surface area contributed by atoms with Gasteiger partial charge >= 0.3 is 0 Å². The van der Waals surface area contributed by atoms with Gasteiger partial charge in [0.2, 0.25) is 0 Å². The topological polar surface area (TPSA) is 34.0 Å².